The summed E-state index contributed by atoms with van der Waals surface area (Å²) in [7, 11) is 0. The summed E-state index contributed by atoms with van der Waals surface area (Å²) in [5, 5.41) is 3.38. The first kappa shape index (κ1) is 14.8. The summed E-state index contributed by atoms with van der Waals surface area (Å²) in [5.74, 6) is 0.963. The lowest BCUT2D eigenvalue weighted by atomic mass is 9.97. The second-order valence-corrected chi connectivity index (χ2v) is 5.82. The van der Waals surface area contributed by atoms with Crippen molar-refractivity contribution in [1.82, 2.24) is 10.2 Å². The Morgan fingerprint density at radius 3 is 2.68 bits per heavy atom. The summed E-state index contributed by atoms with van der Waals surface area (Å²) >= 11 is 0. The minimum atomic E-state index is 0.170. The van der Waals surface area contributed by atoms with Gasteiger partial charge in [0, 0.05) is 19.7 Å². The van der Waals surface area contributed by atoms with Crippen LogP contribution in [-0.2, 0) is 9.53 Å². The first-order valence-electron chi connectivity index (χ1n) is 7.89. The molecule has 0 aromatic carbocycles. The van der Waals surface area contributed by atoms with E-state index in [1.54, 1.807) is 0 Å². The SMILES string of the molecule is CCN(CC1CCNCC1)C(=O)CC1CCCCO1. The largest absolute Gasteiger partial charge is 0.378 e. The molecule has 2 rings (SSSR count). The van der Waals surface area contributed by atoms with Crippen LogP contribution in [0.5, 0.6) is 0 Å². The van der Waals surface area contributed by atoms with Gasteiger partial charge in [-0.05, 0) is 58.0 Å². The molecule has 4 heteroatoms. The second-order valence-electron chi connectivity index (χ2n) is 5.82. The van der Waals surface area contributed by atoms with Crippen molar-refractivity contribution in [2.24, 2.45) is 5.92 Å². The number of carbonyl (C=O) groups is 1. The van der Waals surface area contributed by atoms with Crippen molar-refractivity contribution >= 4 is 5.91 Å². The molecule has 2 aliphatic rings. The zero-order valence-corrected chi connectivity index (χ0v) is 12.2. The van der Waals surface area contributed by atoms with Gasteiger partial charge < -0.3 is 15.0 Å². The van der Waals surface area contributed by atoms with Gasteiger partial charge in [-0.15, -0.1) is 0 Å². The molecule has 1 amide bonds. The van der Waals surface area contributed by atoms with Crippen molar-refractivity contribution in [2.75, 3.05) is 32.8 Å². The van der Waals surface area contributed by atoms with Crippen molar-refractivity contribution in [3.05, 3.63) is 0 Å². The first-order chi connectivity index (χ1) is 9.29. The van der Waals surface area contributed by atoms with Crippen LogP contribution in [0.1, 0.15) is 45.4 Å². The summed E-state index contributed by atoms with van der Waals surface area (Å²) in [6.07, 6.45) is 6.56. The van der Waals surface area contributed by atoms with Crippen molar-refractivity contribution in [3.8, 4) is 0 Å². The van der Waals surface area contributed by atoms with E-state index in [-0.39, 0.29) is 12.0 Å². The maximum Gasteiger partial charge on any atom is 0.225 e. The molecule has 0 aromatic heterocycles. The van der Waals surface area contributed by atoms with E-state index in [2.05, 4.69) is 12.2 Å². The van der Waals surface area contributed by atoms with Crippen LogP contribution in [0, 0.1) is 5.92 Å². The number of hydrogen-bond donors (Lipinski definition) is 1. The molecular weight excluding hydrogens is 240 g/mol. The number of amides is 1. The first-order valence-corrected chi connectivity index (χ1v) is 7.89. The summed E-state index contributed by atoms with van der Waals surface area (Å²) in [5.41, 5.74) is 0. The van der Waals surface area contributed by atoms with Crippen LogP contribution in [0.4, 0.5) is 0 Å². The predicted octanol–water partition coefficient (Wildman–Crippen LogP) is 1.79. The highest BCUT2D eigenvalue weighted by atomic mass is 16.5. The van der Waals surface area contributed by atoms with E-state index in [4.69, 9.17) is 4.74 Å². The van der Waals surface area contributed by atoms with Gasteiger partial charge in [-0.3, -0.25) is 4.79 Å². The zero-order valence-electron chi connectivity index (χ0n) is 12.2. The summed E-state index contributed by atoms with van der Waals surface area (Å²) in [6.45, 7) is 6.88. The third kappa shape index (κ3) is 4.77. The van der Waals surface area contributed by atoms with Crippen LogP contribution in [0.3, 0.4) is 0 Å². The normalized spacial score (nSPS) is 25.2. The van der Waals surface area contributed by atoms with Crippen LogP contribution < -0.4 is 5.32 Å². The van der Waals surface area contributed by atoms with E-state index in [1.165, 1.54) is 19.3 Å². The number of nitrogens with one attached hydrogen (secondary N) is 1. The van der Waals surface area contributed by atoms with E-state index in [0.29, 0.717) is 12.3 Å². The lowest BCUT2D eigenvalue weighted by Crippen LogP contribution is -2.40. The smallest absolute Gasteiger partial charge is 0.225 e. The third-order valence-electron chi connectivity index (χ3n) is 4.35. The molecule has 0 spiro atoms. The van der Waals surface area contributed by atoms with Gasteiger partial charge in [0.05, 0.1) is 12.5 Å². The van der Waals surface area contributed by atoms with E-state index in [1.807, 2.05) is 4.90 Å². The van der Waals surface area contributed by atoms with Crippen LogP contribution in [0.25, 0.3) is 0 Å². The number of carbonyl (C=O) groups excluding carboxylic acids is 1. The minimum absolute atomic E-state index is 0.170. The molecule has 0 aliphatic carbocycles. The molecule has 2 heterocycles. The lowest BCUT2D eigenvalue weighted by molar-refractivity contribution is -0.135. The monoisotopic (exact) mass is 268 g/mol. The highest BCUT2D eigenvalue weighted by Crippen LogP contribution is 2.18. The zero-order chi connectivity index (χ0) is 13.5. The Hall–Kier alpha value is -0.610. The Bertz CT molecular complexity index is 271. The quantitative estimate of drug-likeness (QED) is 0.826. The Kier molecular flexibility index (Phi) is 6.11. The molecule has 2 fully saturated rings. The molecule has 1 atom stereocenters. The summed E-state index contributed by atoms with van der Waals surface area (Å²) < 4.78 is 5.68. The average molecular weight is 268 g/mol. The summed E-state index contributed by atoms with van der Waals surface area (Å²) in [4.78, 5) is 14.4. The van der Waals surface area contributed by atoms with Crippen molar-refractivity contribution in [2.45, 2.75) is 51.6 Å². The van der Waals surface area contributed by atoms with E-state index >= 15 is 0 Å². The standard InChI is InChI=1S/C15H28N2O2/c1-2-17(12-13-6-8-16-9-7-13)15(18)11-14-5-3-4-10-19-14/h13-14,16H,2-12H2,1H3. The average Bonchev–Trinajstić information content (AvgIpc) is 2.47. The Labute approximate surface area is 116 Å². The lowest BCUT2D eigenvalue weighted by Gasteiger charge is -2.31. The van der Waals surface area contributed by atoms with Gasteiger partial charge >= 0.3 is 0 Å². The van der Waals surface area contributed by atoms with Crippen molar-refractivity contribution in [3.63, 3.8) is 0 Å². The number of piperidine rings is 1. The van der Waals surface area contributed by atoms with Gasteiger partial charge in [0.2, 0.25) is 5.91 Å². The summed E-state index contributed by atoms with van der Waals surface area (Å²) in [6, 6.07) is 0. The molecule has 2 aliphatic heterocycles. The number of nitrogens with zero attached hydrogens (tertiary/aromatic N) is 1. The highest BCUT2D eigenvalue weighted by molar-refractivity contribution is 5.76. The molecule has 0 saturated carbocycles. The molecule has 0 radical (unpaired) electrons. The predicted molar refractivity (Wildman–Crippen MR) is 76.1 cm³/mol. The van der Waals surface area contributed by atoms with Crippen LogP contribution in [0.2, 0.25) is 0 Å². The molecule has 0 aromatic rings. The van der Waals surface area contributed by atoms with Crippen LogP contribution in [-0.4, -0.2) is 49.7 Å². The maximum absolute atomic E-state index is 12.3. The molecule has 1 unspecified atom stereocenters. The molecule has 0 bridgehead atoms. The van der Waals surface area contributed by atoms with Gasteiger partial charge in [0.15, 0.2) is 0 Å². The van der Waals surface area contributed by atoms with Gasteiger partial charge in [-0.1, -0.05) is 0 Å². The highest BCUT2D eigenvalue weighted by Gasteiger charge is 2.23. The van der Waals surface area contributed by atoms with Crippen molar-refractivity contribution < 1.29 is 9.53 Å². The molecular formula is C15H28N2O2. The topological polar surface area (TPSA) is 41.6 Å². The Balaban J connectivity index is 1.76. The maximum atomic E-state index is 12.3. The van der Waals surface area contributed by atoms with E-state index in [9.17, 15) is 4.79 Å². The van der Waals surface area contributed by atoms with Crippen molar-refractivity contribution in [1.29, 1.82) is 0 Å². The number of rotatable bonds is 5. The van der Waals surface area contributed by atoms with Crippen LogP contribution in [0.15, 0.2) is 0 Å². The van der Waals surface area contributed by atoms with Crippen LogP contribution >= 0.6 is 0 Å². The van der Waals surface area contributed by atoms with Gasteiger partial charge in [0.25, 0.3) is 0 Å². The third-order valence-corrected chi connectivity index (χ3v) is 4.35. The van der Waals surface area contributed by atoms with E-state index in [0.717, 1.165) is 45.6 Å². The fourth-order valence-corrected chi connectivity index (χ4v) is 3.08. The van der Waals surface area contributed by atoms with Gasteiger partial charge in [0.1, 0.15) is 0 Å². The molecule has 1 N–H and O–H groups in total. The van der Waals surface area contributed by atoms with Gasteiger partial charge in [-0.2, -0.15) is 0 Å². The Morgan fingerprint density at radius 1 is 1.26 bits per heavy atom. The van der Waals surface area contributed by atoms with E-state index < -0.39 is 0 Å². The number of ether oxygens (including phenoxy) is 1. The molecule has 19 heavy (non-hydrogen) atoms. The Morgan fingerprint density at radius 2 is 2.05 bits per heavy atom. The second kappa shape index (κ2) is 7.85. The van der Waals surface area contributed by atoms with Gasteiger partial charge in [-0.25, -0.2) is 0 Å². The minimum Gasteiger partial charge on any atom is -0.378 e. The molecule has 4 nitrogen and oxygen atoms in total. The molecule has 110 valence electrons. The fraction of sp³-hybridized carbons (Fsp3) is 0.933. The fourth-order valence-electron chi connectivity index (χ4n) is 3.08. The molecule has 2 saturated heterocycles. The number of hydrogen-bond acceptors (Lipinski definition) is 3.